The molecule has 0 spiro atoms. The molecule has 1 atom stereocenters. The Kier molecular flexibility index (Phi) is 5.15. The Balaban J connectivity index is 2.63. The van der Waals surface area contributed by atoms with Crippen LogP contribution in [0.4, 0.5) is 5.69 Å². The summed E-state index contributed by atoms with van der Waals surface area (Å²) in [6.45, 7) is 4.04. The molecule has 0 fully saturated rings. The molecule has 0 aliphatic carbocycles. The van der Waals surface area contributed by atoms with Gasteiger partial charge in [0.1, 0.15) is 0 Å². The Labute approximate surface area is 91.5 Å². The molecule has 0 aromatic heterocycles. The molecule has 0 amide bonds. The number of hydrogen-bond acceptors (Lipinski definition) is 3. The highest BCUT2D eigenvalue weighted by atomic mass is 16.3. The van der Waals surface area contributed by atoms with E-state index in [0.29, 0.717) is 13.1 Å². The van der Waals surface area contributed by atoms with Crippen LogP contribution in [0.1, 0.15) is 13.3 Å². The van der Waals surface area contributed by atoms with Crippen LogP contribution in [0.2, 0.25) is 0 Å². The van der Waals surface area contributed by atoms with Gasteiger partial charge in [-0.3, -0.25) is 0 Å². The smallest absolute Gasteiger partial charge is 0.0687 e. The lowest BCUT2D eigenvalue weighted by molar-refractivity contribution is 0.200. The van der Waals surface area contributed by atoms with E-state index in [1.54, 1.807) is 6.92 Å². The van der Waals surface area contributed by atoms with Crippen molar-refractivity contribution in [1.82, 2.24) is 0 Å². The number of hydrogen-bond donors (Lipinski definition) is 2. The zero-order chi connectivity index (χ0) is 11.1. The van der Waals surface area contributed by atoms with Gasteiger partial charge >= 0.3 is 0 Å². The Bertz CT molecular complexity index is 262. The summed E-state index contributed by atoms with van der Waals surface area (Å²) in [7, 11) is 0. The third kappa shape index (κ3) is 4.32. The minimum atomic E-state index is -0.317. The summed E-state index contributed by atoms with van der Waals surface area (Å²) >= 11 is 0. The lowest BCUT2D eigenvalue weighted by atomic mass is 10.2. The zero-order valence-corrected chi connectivity index (χ0v) is 9.26. The molecule has 3 nitrogen and oxygen atoms in total. The summed E-state index contributed by atoms with van der Waals surface area (Å²) in [5.41, 5.74) is 6.64. The van der Waals surface area contributed by atoms with E-state index in [4.69, 9.17) is 5.73 Å². The molecule has 1 rings (SSSR count). The summed E-state index contributed by atoms with van der Waals surface area (Å²) in [5.74, 6) is 0. The molecule has 0 saturated carbocycles. The fourth-order valence-electron chi connectivity index (χ4n) is 1.57. The minimum Gasteiger partial charge on any atom is -0.392 e. The van der Waals surface area contributed by atoms with Crippen LogP contribution in [-0.2, 0) is 0 Å². The summed E-state index contributed by atoms with van der Waals surface area (Å²) < 4.78 is 0. The molecule has 0 aliphatic heterocycles. The average molecular weight is 208 g/mol. The number of rotatable bonds is 6. The van der Waals surface area contributed by atoms with Gasteiger partial charge in [-0.2, -0.15) is 0 Å². The topological polar surface area (TPSA) is 49.5 Å². The highest BCUT2D eigenvalue weighted by Crippen LogP contribution is 2.13. The van der Waals surface area contributed by atoms with Crippen molar-refractivity contribution >= 4 is 5.69 Å². The van der Waals surface area contributed by atoms with Gasteiger partial charge in [0.2, 0.25) is 0 Å². The van der Waals surface area contributed by atoms with E-state index in [9.17, 15) is 5.11 Å². The van der Waals surface area contributed by atoms with Gasteiger partial charge in [-0.1, -0.05) is 18.2 Å². The largest absolute Gasteiger partial charge is 0.392 e. The minimum absolute atomic E-state index is 0.317. The van der Waals surface area contributed by atoms with Gasteiger partial charge in [-0.25, -0.2) is 0 Å². The van der Waals surface area contributed by atoms with E-state index in [1.165, 1.54) is 0 Å². The van der Waals surface area contributed by atoms with Crippen molar-refractivity contribution < 1.29 is 5.11 Å². The van der Waals surface area contributed by atoms with Gasteiger partial charge in [0, 0.05) is 18.8 Å². The molecule has 0 radical (unpaired) electrons. The van der Waals surface area contributed by atoms with E-state index in [0.717, 1.165) is 18.7 Å². The Morgan fingerprint density at radius 3 is 2.53 bits per heavy atom. The predicted molar refractivity (Wildman–Crippen MR) is 64.0 cm³/mol. The van der Waals surface area contributed by atoms with Crippen LogP contribution in [0, 0.1) is 0 Å². The molecule has 84 valence electrons. The predicted octanol–water partition coefficient (Wildman–Crippen LogP) is 1.22. The van der Waals surface area contributed by atoms with Crippen molar-refractivity contribution in [3.05, 3.63) is 30.3 Å². The summed E-state index contributed by atoms with van der Waals surface area (Å²) in [6.07, 6.45) is 0.629. The fraction of sp³-hybridized carbons (Fsp3) is 0.500. The van der Waals surface area contributed by atoms with Crippen LogP contribution in [-0.4, -0.2) is 30.8 Å². The molecule has 0 saturated heterocycles. The van der Waals surface area contributed by atoms with Crippen LogP contribution in [0.15, 0.2) is 30.3 Å². The maximum atomic E-state index is 9.41. The van der Waals surface area contributed by atoms with Crippen molar-refractivity contribution in [3.8, 4) is 0 Å². The second-order valence-electron chi connectivity index (χ2n) is 3.77. The average Bonchev–Trinajstić information content (AvgIpc) is 2.25. The lowest BCUT2D eigenvalue weighted by Gasteiger charge is -2.25. The van der Waals surface area contributed by atoms with Gasteiger partial charge in [-0.15, -0.1) is 0 Å². The molecular weight excluding hydrogens is 188 g/mol. The third-order valence-corrected chi connectivity index (χ3v) is 2.24. The fourth-order valence-corrected chi connectivity index (χ4v) is 1.57. The highest BCUT2D eigenvalue weighted by Gasteiger charge is 2.07. The van der Waals surface area contributed by atoms with E-state index < -0.39 is 0 Å². The number of nitrogens with two attached hydrogens (primary N) is 1. The van der Waals surface area contributed by atoms with Crippen molar-refractivity contribution in [2.75, 3.05) is 24.5 Å². The molecule has 0 bridgehead atoms. The standard InChI is InChI=1S/C12H20N2O/c1-11(15)10-14(9-5-8-13)12-6-3-2-4-7-12/h2-4,6-7,11,15H,5,8-10,13H2,1H3. The van der Waals surface area contributed by atoms with Crippen molar-refractivity contribution in [3.63, 3.8) is 0 Å². The monoisotopic (exact) mass is 208 g/mol. The van der Waals surface area contributed by atoms with Crippen molar-refractivity contribution in [2.45, 2.75) is 19.4 Å². The molecule has 0 aliphatic rings. The van der Waals surface area contributed by atoms with Crippen LogP contribution in [0.25, 0.3) is 0 Å². The van der Waals surface area contributed by atoms with Crippen LogP contribution >= 0.6 is 0 Å². The highest BCUT2D eigenvalue weighted by molar-refractivity contribution is 5.45. The van der Waals surface area contributed by atoms with Gasteiger partial charge in [0.25, 0.3) is 0 Å². The van der Waals surface area contributed by atoms with Gasteiger partial charge in [0.05, 0.1) is 6.10 Å². The van der Waals surface area contributed by atoms with E-state index >= 15 is 0 Å². The summed E-state index contributed by atoms with van der Waals surface area (Å²) in [6, 6.07) is 10.1. The van der Waals surface area contributed by atoms with Crippen molar-refractivity contribution in [2.24, 2.45) is 5.73 Å². The van der Waals surface area contributed by atoms with Gasteiger partial charge < -0.3 is 15.7 Å². The van der Waals surface area contributed by atoms with E-state index in [-0.39, 0.29) is 6.10 Å². The first-order valence-corrected chi connectivity index (χ1v) is 5.42. The van der Waals surface area contributed by atoms with Gasteiger partial charge in [-0.05, 0) is 32.0 Å². The Morgan fingerprint density at radius 2 is 2.00 bits per heavy atom. The first-order valence-electron chi connectivity index (χ1n) is 5.42. The number of anilines is 1. The Morgan fingerprint density at radius 1 is 1.33 bits per heavy atom. The summed E-state index contributed by atoms with van der Waals surface area (Å²) in [5, 5.41) is 9.41. The third-order valence-electron chi connectivity index (χ3n) is 2.24. The number of para-hydroxylation sites is 1. The number of nitrogens with zero attached hydrogens (tertiary/aromatic N) is 1. The molecular formula is C12H20N2O. The SMILES string of the molecule is CC(O)CN(CCCN)c1ccccc1. The summed E-state index contributed by atoms with van der Waals surface area (Å²) in [4.78, 5) is 2.16. The second-order valence-corrected chi connectivity index (χ2v) is 3.77. The number of benzene rings is 1. The Hall–Kier alpha value is -1.06. The van der Waals surface area contributed by atoms with Crippen LogP contribution in [0.3, 0.4) is 0 Å². The molecule has 1 aromatic rings. The molecule has 1 unspecified atom stereocenters. The molecule has 1 aromatic carbocycles. The number of aliphatic hydroxyl groups excluding tert-OH is 1. The molecule has 0 heterocycles. The van der Waals surface area contributed by atoms with Gasteiger partial charge in [0.15, 0.2) is 0 Å². The zero-order valence-electron chi connectivity index (χ0n) is 9.26. The maximum Gasteiger partial charge on any atom is 0.0687 e. The second kappa shape index (κ2) is 6.43. The first kappa shape index (κ1) is 12.0. The number of aliphatic hydroxyl groups is 1. The van der Waals surface area contributed by atoms with E-state index in [1.807, 2.05) is 18.2 Å². The normalized spacial score (nSPS) is 12.5. The van der Waals surface area contributed by atoms with Crippen LogP contribution < -0.4 is 10.6 Å². The first-order chi connectivity index (χ1) is 7.24. The van der Waals surface area contributed by atoms with Crippen molar-refractivity contribution in [1.29, 1.82) is 0 Å². The maximum absolute atomic E-state index is 9.41. The quantitative estimate of drug-likeness (QED) is 0.739. The van der Waals surface area contributed by atoms with E-state index in [2.05, 4.69) is 17.0 Å². The molecule has 3 heteroatoms. The molecule has 15 heavy (non-hydrogen) atoms. The van der Waals surface area contributed by atoms with Crippen LogP contribution in [0.5, 0.6) is 0 Å². The lowest BCUT2D eigenvalue weighted by Crippen LogP contribution is -2.32. The molecule has 3 N–H and O–H groups in total.